The first kappa shape index (κ1) is 19.5. The summed E-state index contributed by atoms with van der Waals surface area (Å²) in [6.07, 6.45) is 1.65. The largest absolute Gasteiger partial charge is 0.450 e. The van der Waals surface area contributed by atoms with Crippen LogP contribution in [0.3, 0.4) is 0 Å². The van der Waals surface area contributed by atoms with Gasteiger partial charge >= 0.3 is 0 Å². The van der Waals surface area contributed by atoms with E-state index >= 15 is 0 Å². The lowest BCUT2D eigenvalue weighted by atomic mass is 10.1. The molecule has 1 saturated heterocycles. The summed E-state index contributed by atoms with van der Waals surface area (Å²) >= 11 is 0. The number of anilines is 1. The van der Waals surface area contributed by atoms with Crippen molar-refractivity contribution in [3.8, 4) is 0 Å². The van der Waals surface area contributed by atoms with E-state index in [0.29, 0.717) is 36.6 Å². The third-order valence-electron chi connectivity index (χ3n) is 5.53. The van der Waals surface area contributed by atoms with Crippen LogP contribution in [0, 0.1) is 0 Å². The molecule has 0 spiro atoms. The van der Waals surface area contributed by atoms with Gasteiger partial charge in [-0.3, -0.25) is 4.79 Å². The zero-order valence-corrected chi connectivity index (χ0v) is 17.5. The van der Waals surface area contributed by atoms with Gasteiger partial charge in [-0.05, 0) is 43.7 Å². The van der Waals surface area contributed by atoms with E-state index in [1.54, 1.807) is 6.33 Å². The van der Waals surface area contributed by atoms with Crippen LogP contribution < -0.4 is 5.32 Å². The van der Waals surface area contributed by atoms with E-state index in [9.17, 15) is 4.79 Å². The van der Waals surface area contributed by atoms with Crippen LogP contribution in [0.2, 0.25) is 0 Å². The predicted molar refractivity (Wildman–Crippen MR) is 119 cm³/mol. The highest BCUT2D eigenvalue weighted by Gasteiger charge is 2.26. The van der Waals surface area contributed by atoms with Gasteiger partial charge < -0.3 is 19.4 Å². The second kappa shape index (κ2) is 8.00. The summed E-state index contributed by atoms with van der Waals surface area (Å²) in [5, 5.41) is 4.30. The Morgan fingerprint density at radius 3 is 2.58 bits per heavy atom. The summed E-state index contributed by atoms with van der Waals surface area (Å²) in [6, 6.07) is 15.5. The number of morpholine rings is 1. The van der Waals surface area contributed by atoms with Gasteiger partial charge in [-0.1, -0.05) is 24.3 Å². The number of fused-ring (bicyclic) bond motifs is 3. The SMILES string of the molecule is CC1CN(C(=O)c2ccc(CNc3ncnc4c3oc3ccccc34)cc2)CC(C)O1. The van der Waals surface area contributed by atoms with Crippen LogP contribution in [0.25, 0.3) is 22.1 Å². The molecule has 2 unspecified atom stereocenters. The fraction of sp³-hybridized carbons (Fsp3) is 0.292. The van der Waals surface area contributed by atoms with Crippen molar-refractivity contribution in [3.63, 3.8) is 0 Å². The highest BCUT2D eigenvalue weighted by molar-refractivity contribution is 6.05. The third-order valence-corrected chi connectivity index (χ3v) is 5.53. The van der Waals surface area contributed by atoms with E-state index in [2.05, 4.69) is 15.3 Å². The smallest absolute Gasteiger partial charge is 0.254 e. The molecule has 1 amide bonds. The van der Waals surface area contributed by atoms with E-state index in [4.69, 9.17) is 9.15 Å². The number of ether oxygens (including phenoxy) is 1. The summed E-state index contributed by atoms with van der Waals surface area (Å²) in [7, 11) is 0. The molecule has 4 aromatic rings. The molecule has 2 aromatic heterocycles. The van der Waals surface area contributed by atoms with E-state index in [1.807, 2.05) is 67.3 Å². The molecule has 2 atom stereocenters. The zero-order valence-electron chi connectivity index (χ0n) is 17.5. The summed E-state index contributed by atoms with van der Waals surface area (Å²) in [5.41, 5.74) is 3.96. The average molecular weight is 416 g/mol. The molecule has 3 heterocycles. The van der Waals surface area contributed by atoms with Gasteiger partial charge in [0, 0.05) is 30.6 Å². The van der Waals surface area contributed by atoms with Crippen molar-refractivity contribution in [2.45, 2.75) is 32.6 Å². The molecule has 1 aliphatic rings. The van der Waals surface area contributed by atoms with E-state index in [1.165, 1.54) is 0 Å². The lowest BCUT2D eigenvalue weighted by molar-refractivity contribution is -0.0586. The Morgan fingerprint density at radius 1 is 1.06 bits per heavy atom. The van der Waals surface area contributed by atoms with Crippen LogP contribution in [0.5, 0.6) is 0 Å². The Labute approximate surface area is 180 Å². The van der Waals surface area contributed by atoms with Gasteiger partial charge in [0.25, 0.3) is 5.91 Å². The number of hydrogen-bond donors (Lipinski definition) is 1. The molecule has 7 nitrogen and oxygen atoms in total. The monoisotopic (exact) mass is 416 g/mol. The van der Waals surface area contributed by atoms with Crippen molar-refractivity contribution in [1.82, 2.24) is 14.9 Å². The first-order chi connectivity index (χ1) is 15.1. The quantitative estimate of drug-likeness (QED) is 0.536. The molecule has 0 aliphatic carbocycles. The summed E-state index contributed by atoms with van der Waals surface area (Å²) in [6.45, 7) is 5.79. The van der Waals surface area contributed by atoms with E-state index in [0.717, 1.165) is 22.0 Å². The Balaban J connectivity index is 1.30. The minimum Gasteiger partial charge on any atom is -0.450 e. The fourth-order valence-electron chi connectivity index (χ4n) is 4.13. The van der Waals surface area contributed by atoms with Gasteiger partial charge in [0.1, 0.15) is 17.4 Å². The molecule has 0 bridgehead atoms. The van der Waals surface area contributed by atoms with E-state index in [-0.39, 0.29) is 18.1 Å². The minimum atomic E-state index is 0.0429. The third kappa shape index (κ3) is 3.84. The maximum absolute atomic E-state index is 12.8. The zero-order chi connectivity index (χ0) is 21.4. The molecule has 2 aromatic carbocycles. The number of amides is 1. The number of furan rings is 1. The molecule has 0 saturated carbocycles. The highest BCUT2D eigenvalue weighted by Crippen LogP contribution is 2.30. The topological polar surface area (TPSA) is 80.5 Å². The van der Waals surface area contributed by atoms with Gasteiger partial charge in [0.05, 0.1) is 12.2 Å². The maximum atomic E-state index is 12.8. The number of aromatic nitrogens is 2. The van der Waals surface area contributed by atoms with Crippen molar-refractivity contribution in [1.29, 1.82) is 0 Å². The fourth-order valence-corrected chi connectivity index (χ4v) is 4.13. The van der Waals surface area contributed by atoms with Crippen LogP contribution in [0.4, 0.5) is 5.82 Å². The lowest BCUT2D eigenvalue weighted by Crippen LogP contribution is -2.48. The van der Waals surface area contributed by atoms with Gasteiger partial charge in [0.2, 0.25) is 0 Å². The summed E-state index contributed by atoms with van der Waals surface area (Å²) < 4.78 is 11.7. The molecular weight excluding hydrogens is 392 g/mol. The number of nitrogens with zero attached hydrogens (tertiary/aromatic N) is 3. The van der Waals surface area contributed by atoms with Gasteiger partial charge in [-0.25, -0.2) is 9.97 Å². The van der Waals surface area contributed by atoms with E-state index < -0.39 is 0 Å². The Kier molecular flexibility index (Phi) is 5.03. The predicted octanol–water partition coefficient (Wildman–Crippen LogP) is 4.24. The molecule has 1 aliphatic heterocycles. The molecule has 0 radical (unpaired) electrons. The van der Waals surface area contributed by atoms with Gasteiger partial charge in [-0.2, -0.15) is 0 Å². The number of para-hydroxylation sites is 1. The first-order valence-corrected chi connectivity index (χ1v) is 10.5. The highest BCUT2D eigenvalue weighted by atomic mass is 16.5. The van der Waals surface area contributed by atoms with Crippen molar-refractivity contribution < 1.29 is 13.9 Å². The molecule has 158 valence electrons. The molecule has 1 N–H and O–H groups in total. The van der Waals surface area contributed by atoms with Crippen LogP contribution in [0.15, 0.2) is 59.3 Å². The lowest BCUT2D eigenvalue weighted by Gasteiger charge is -2.35. The standard InChI is InChI=1S/C24H24N4O3/c1-15-12-28(13-16(2)30-15)24(29)18-9-7-17(8-10-18)11-25-23-22-21(26-14-27-23)19-5-3-4-6-20(19)31-22/h3-10,14-16H,11-13H2,1-2H3,(H,25,26,27). The van der Waals surface area contributed by atoms with Crippen molar-refractivity contribution in [3.05, 3.63) is 66.0 Å². The summed E-state index contributed by atoms with van der Waals surface area (Å²) in [5.74, 6) is 0.693. The molecule has 5 rings (SSSR count). The number of rotatable bonds is 4. The normalized spacial score (nSPS) is 19.1. The number of hydrogen-bond acceptors (Lipinski definition) is 6. The number of carbonyl (C=O) groups excluding carboxylic acids is 1. The second-order valence-electron chi connectivity index (χ2n) is 8.02. The van der Waals surface area contributed by atoms with Crippen LogP contribution in [-0.2, 0) is 11.3 Å². The number of benzene rings is 2. The first-order valence-electron chi connectivity index (χ1n) is 10.5. The van der Waals surface area contributed by atoms with Crippen molar-refractivity contribution in [2.24, 2.45) is 0 Å². The van der Waals surface area contributed by atoms with Crippen molar-refractivity contribution in [2.75, 3.05) is 18.4 Å². The van der Waals surface area contributed by atoms with Crippen molar-refractivity contribution >= 4 is 33.8 Å². The number of nitrogens with one attached hydrogen (secondary N) is 1. The average Bonchev–Trinajstić information content (AvgIpc) is 3.16. The second-order valence-corrected chi connectivity index (χ2v) is 8.02. The Morgan fingerprint density at radius 2 is 1.81 bits per heavy atom. The van der Waals surface area contributed by atoms with Gasteiger partial charge in [0.15, 0.2) is 11.4 Å². The Bertz CT molecular complexity index is 1220. The van der Waals surface area contributed by atoms with Crippen LogP contribution in [-0.4, -0.2) is 46.1 Å². The molecule has 1 fully saturated rings. The summed E-state index contributed by atoms with van der Waals surface area (Å²) in [4.78, 5) is 23.4. The molecule has 7 heteroatoms. The Hall–Kier alpha value is -3.45. The van der Waals surface area contributed by atoms with Gasteiger partial charge in [-0.15, -0.1) is 0 Å². The number of carbonyl (C=O) groups is 1. The van der Waals surface area contributed by atoms with Crippen LogP contribution in [0.1, 0.15) is 29.8 Å². The molecule has 31 heavy (non-hydrogen) atoms. The van der Waals surface area contributed by atoms with Crippen LogP contribution >= 0.6 is 0 Å². The maximum Gasteiger partial charge on any atom is 0.254 e. The minimum absolute atomic E-state index is 0.0429. The molecular formula is C24H24N4O3.